The number of aromatic amines is 1. The van der Waals surface area contributed by atoms with Crippen LogP contribution in [0.3, 0.4) is 0 Å². The summed E-state index contributed by atoms with van der Waals surface area (Å²) in [5.41, 5.74) is 3.90. The van der Waals surface area contributed by atoms with Crippen LogP contribution in [0.2, 0.25) is 0 Å². The van der Waals surface area contributed by atoms with Gasteiger partial charge in [-0.05, 0) is 30.2 Å². The molecular formula is C18H22N4O2. The number of carbonyl (C=O) groups is 1. The van der Waals surface area contributed by atoms with E-state index in [1.54, 1.807) is 12.4 Å². The molecule has 3 aromatic rings. The zero-order valence-corrected chi connectivity index (χ0v) is 14.6. The van der Waals surface area contributed by atoms with Crippen LogP contribution < -0.4 is 4.90 Å². The Morgan fingerprint density at radius 3 is 2.33 bits per heavy atom. The van der Waals surface area contributed by atoms with Crippen molar-refractivity contribution >= 4 is 22.8 Å². The molecule has 0 bridgehead atoms. The molecule has 0 aliphatic carbocycles. The topological polar surface area (TPSA) is 82.1 Å². The first kappa shape index (κ1) is 17.5. The maximum atomic E-state index is 11.3. The fraction of sp³-hybridized carbons (Fsp3) is 0.278. The second kappa shape index (κ2) is 7.12. The van der Waals surface area contributed by atoms with Gasteiger partial charge < -0.3 is 15.0 Å². The number of carboxylic acids is 1. The number of rotatable bonds is 3. The Bertz CT molecular complexity index is 851. The van der Waals surface area contributed by atoms with Crippen molar-refractivity contribution in [2.24, 2.45) is 0 Å². The maximum absolute atomic E-state index is 11.3. The molecule has 6 nitrogen and oxygen atoms in total. The molecule has 0 aliphatic rings. The van der Waals surface area contributed by atoms with E-state index in [0.29, 0.717) is 11.3 Å². The van der Waals surface area contributed by atoms with Gasteiger partial charge in [0.2, 0.25) is 5.95 Å². The standard InChI is InChI=1S/C16H16N4O2.C2H6/c1-9-4-14-12(13(8-17-14)15(21)22)5-11(9)10-6-18-16(19-7-10)20(2)3;1-2/h4-8,17H,1-3H3,(H,21,22);1-2H3. The van der Waals surface area contributed by atoms with Crippen LogP contribution in [0.1, 0.15) is 29.8 Å². The highest BCUT2D eigenvalue weighted by Crippen LogP contribution is 2.29. The van der Waals surface area contributed by atoms with E-state index < -0.39 is 5.97 Å². The first-order valence-electron chi connectivity index (χ1n) is 7.82. The number of nitrogens with one attached hydrogen (secondary N) is 1. The molecule has 6 heteroatoms. The molecule has 0 spiro atoms. The fourth-order valence-corrected chi connectivity index (χ4v) is 2.46. The first-order chi connectivity index (χ1) is 11.5. The average Bonchev–Trinajstić information content (AvgIpc) is 2.99. The Labute approximate surface area is 141 Å². The highest BCUT2D eigenvalue weighted by atomic mass is 16.4. The van der Waals surface area contributed by atoms with Crippen LogP contribution in [-0.2, 0) is 0 Å². The summed E-state index contributed by atoms with van der Waals surface area (Å²) >= 11 is 0. The molecule has 0 atom stereocenters. The summed E-state index contributed by atoms with van der Waals surface area (Å²) < 4.78 is 0. The number of carboxylic acid groups (broad SMARTS) is 1. The van der Waals surface area contributed by atoms with E-state index in [-0.39, 0.29) is 5.56 Å². The van der Waals surface area contributed by atoms with Crippen molar-refractivity contribution in [2.75, 3.05) is 19.0 Å². The minimum absolute atomic E-state index is 0.266. The number of nitrogens with zero attached hydrogens (tertiary/aromatic N) is 3. The van der Waals surface area contributed by atoms with E-state index in [9.17, 15) is 9.90 Å². The number of aromatic carboxylic acids is 1. The number of anilines is 1. The molecule has 0 aliphatic heterocycles. The third-order valence-electron chi connectivity index (χ3n) is 3.61. The van der Waals surface area contributed by atoms with E-state index in [4.69, 9.17) is 0 Å². The fourth-order valence-electron chi connectivity index (χ4n) is 2.46. The molecule has 0 fully saturated rings. The van der Waals surface area contributed by atoms with Gasteiger partial charge in [-0.15, -0.1) is 0 Å². The zero-order chi connectivity index (χ0) is 17.9. The van der Waals surface area contributed by atoms with Gasteiger partial charge in [0.15, 0.2) is 0 Å². The summed E-state index contributed by atoms with van der Waals surface area (Å²) in [6.07, 6.45) is 5.02. The minimum Gasteiger partial charge on any atom is -0.478 e. The smallest absolute Gasteiger partial charge is 0.337 e. The van der Waals surface area contributed by atoms with Crippen LogP contribution >= 0.6 is 0 Å². The molecule has 0 radical (unpaired) electrons. The summed E-state index contributed by atoms with van der Waals surface area (Å²) in [6.45, 7) is 5.98. The number of benzene rings is 1. The predicted octanol–water partition coefficient (Wildman–Crippen LogP) is 3.72. The highest BCUT2D eigenvalue weighted by Gasteiger charge is 2.13. The van der Waals surface area contributed by atoms with Crippen LogP contribution in [0.25, 0.3) is 22.0 Å². The molecular weight excluding hydrogens is 304 g/mol. The van der Waals surface area contributed by atoms with Gasteiger partial charge in [-0.1, -0.05) is 13.8 Å². The van der Waals surface area contributed by atoms with Crippen LogP contribution in [0, 0.1) is 6.92 Å². The number of hydrogen-bond acceptors (Lipinski definition) is 4. The SMILES string of the molecule is CC.Cc1cc2[nH]cc(C(=O)O)c2cc1-c1cnc(N(C)C)nc1. The van der Waals surface area contributed by atoms with E-state index >= 15 is 0 Å². The minimum atomic E-state index is -0.944. The number of hydrogen-bond donors (Lipinski definition) is 2. The quantitative estimate of drug-likeness (QED) is 0.766. The van der Waals surface area contributed by atoms with Gasteiger partial charge in [0.1, 0.15) is 0 Å². The maximum Gasteiger partial charge on any atom is 0.337 e. The number of aryl methyl sites for hydroxylation is 1. The lowest BCUT2D eigenvalue weighted by molar-refractivity contribution is 0.0699. The monoisotopic (exact) mass is 326 g/mol. The largest absolute Gasteiger partial charge is 0.478 e. The molecule has 2 N–H and O–H groups in total. The van der Waals surface area contributed by atoms with E-state index in [0.717, 1.165) is 22.2 Å². The molecule has 0 unspecified atom stereocenters. The number of H-pyrrole nitrogens is 1. The molecule has 0 saturated heterocycles. The van der Waals surface area contributed by atoms with E-state index in [2.05, 4.69) is 15.0 Å². The van der Waals surface area contributed by atoms with Gasteiger partial charge in [0, 0.05) is 49.2 Å². The van der Waals surface area contributed by atoms with E-state index in [1.807, 2.05) is 51.9 Å². The molecule has 126 valence electrons. The second-order valence-electron chi connectivity index (χ2n) is 5.39. The van der Waals surface area contributed by atoms with Gasteiger partial charge in [0.25, 0.3) is 0 Å². The number of fused-ring (bicyclic) bond motifs is 1. The second-order valence-corrected chi connectivity index (χ2v) is 5.39. The summed E-state index contributed by atoms with van der Waals surface area (Å²) in [5.74, 6) is -0.310. The normalized spacial score (nSPS) is 10.2. The summed E-state index contributed by atoms with van der Waals surface area (Å²) in [5, 5.41) is 9.93. The lowest BCUT2D eigenvalue weighted by Crippen LogP contribution is -2.12. The zero-order valence-electron chi connectivity index (χ0n) is 14.6. The first-order valence-corrected chi connectivity index (χ1v) is 7.82. The summed E-state index contributed by atoms with van der Waals surface area (Å²) in [4.78, 5) is 24.7. The Morgan fingerprint density at radius 1 is 1.17 bits per heavy atom. The van der Waals surface area contributed by atoms with Gasteiger partial charge in [-0.2, -0.15) is 0 Å². The van der Waals surface area contributed by atoms with Gasteiger partial charge in [0.05, 0.1) is 5.56 Å². The molecule has 3 rings (SSSR count). The molecule has 2 aromatic heterocycles. The van der Waals surface area contributed by atoms with Gasteiger partial charge in [-0.25, -0.2) is 14.8 Å². The molecule has 0 amide bonds. The van der Waals surface area contributed by atoms with Crippen molar-refractivity contribution in [1.82, 2.24) is 15.0 Å². The van der Waals surface area contributed by atoms with Crippen LogP contribution in [0.4, 0.5) is 5.95 Å². The van der Waals surface area contributed by atoms with Crippen molar-refractivity contribution in [3.63, 3.8) is 0 Å². The molecule has 24 heavy (non-hydrogen) atoms. The molecule has 2 heterocycles. The van der Waals surface area contributed by atoms with Crippen molar-refractivity contribution in [3.05, 3.63) is 41.9 Å². The van der Waals surface area contributed by atoms with Crippen molar-refractivity contribution in [3.8, 4) is 11.1 Å². The Kier molecular flexibility index (Phi) is 5.18. The van der Waals surface area contributed by atoms with Crippen molar-refractivity contribution < 1.29 is 9.90 Å². The van der Waals surface area contributed by atoms with Crippen molar-refractivity contribution in [2.45, 2.75) is 20.8 Å². The average molecular weight is 326 g/mol. The Morgan fingerprint density at radius 2 is 1.79 bits per heavy atom. The van der Waals surface area contributed by atoms with Gasteiger partial charge >= 0.3 is 5.97 Å². The Hall–Kier alpha value is -2.89. The lowest BCUT2D eigenvalue weighted by atomic mass is 10.00. The Balaban J connectivity index is 0.00000100. The summed E-state index contributed by atoms with van der Waals surface area (Å²) in [7, 11) is 3.76. The lowest BCUT2D eigenvalue weighted by Gasteiger charge is -2.11. The number of aromatic nitrogens is 3. The van der Waals surface area contributed by atoms with E-state index in [1.165, 1.54) is 6.20 Å². The van der Waals surface area contributed by atoms with Crippen LogP contribution in [0.5, 0.6) is 0 Å². The van der Waals surface area contributed by atoms with Crippen LogP contribution in [-0.4, -0.2) is 40.1 Å². The molecule has 0 saturated carbocycles. The predicted molar refractivity (Wildman–Crippen MR) is 96.7 cm³/mol. The van der Waals surface area contributed by atoms with Crippen molar-refractivity contribution in [1.29, 1.82) is 0 Å². The van der Waals surface area contributed by atoms with Crippen LogP contribution in [0.15, 0.2) is 30.7 Å². The summed E-state index contributed by atoms with van der Waals surface area (Å²) in [6, 6.07) is 3.82. The van der Waals surface area contributed by atoms with Gasteiger partial charge in [-0.3, -0.25) is 0 Å². The highest BCUT2D eigenvalue weighted by molar-refractivity contribution is 6.04. The molecule has 1 aromatic carbocycles. The third kappa shape index (κ3) is 3.22. The third-order valence-corrected chi connectivity index (χ3v) is 3.61.